The maximum atomic E-state index is 9.80. The van der Waals surface area contributed by atoms with Crippen LogP contribution in [0.4, 0.5) is 0 Å². The van der Waals surface area contributed by atoms with E-state index >= 15 is 0 Å². The van der Waals surface area contributed by atoms with E-state index in [0.29, 0.717) is 19.7 Å². The van der Waals surface area contributed by atoms with Gasteiger partial charge in [0.25, 0.3) is 0 Å². The highest BCUT2D eigenvalue weighted by molar-refractivity contribution is 5.26. The molecule has 1 unspecified atom stereocenters. The van der Waals surface area contributed by atoms with Crippen LogP contribution in [0, 0.1) is 0 Å². The second-order valence-corrected chi connectivity index (χ2v) is 4.73. The van der Waals surface area contributed by atoms with E-state index in [0.717, 1.165) is 17.1 Å². The first-order chi connectivity index (χ1) is 10.3. The smallest absolute Gasteiger partial charge is 0.129 e. The molecular weight excluding hydrogens is 270 g/mol. The van der Waals surface area contributed by atoms with Crippen LogP contribution in [0.15, 0.2) is 47.1 Å². The fourth-order valence-corrected chi connectivity index (χ4v) is 1.88. The zero-order valence-corrected chi connectivity index (χ0v) is 12.1. The lowest BCUT2D eigenvalue weighted by atomic mass is 10.2. The van der Waals surface area contributed by atoms with E-state index in [-0.39, 0.29) is 6.61 Å². The summed E-state index contributed by atoms with van der Waals surface area (Å²) >= 11 is 0. The Morgan fingerprint density at radius 3 is 2.71 bits per heavy atom. The Labute approximate surface area is 124 Å². The Kier molecular flexibility index (Phi) is 6.27. The van der Waals surface area contributed by atoms with Gasteiger partial charge in [0.1, 0.15) is 18.1 Å². The maximum Gasteiger partial charge on any atom is 0.129 e. The standard InChI is InChI=1S/C16H21NO4/c1-19-15-6-4-13(5-7-15)9-17-10-14(18)11-20-12-16-3-2-8-21-16/h2-8,14,17-18H,9-12H2,1H3. The van der Waals surface area contributed by atoms with Crippen LogP contribution in [0.1, 0.15) is 11.3 Å². The Morgan fingerprint density at radius 1 is 1.24 bits per heavy atom. The second kappa shape index (κ2) is 8.46. The summed E-state index contributed by atoms with van der Waals surface area (Å²) in [5.74, 6) is 1.60. The molecular formula is C16H21NO4. The maximum absolute atomic E-state index is 9.80. The van der Waals surface area contributed by atoms with Crippen LogP contribution in [0.2, 0.25) is 0 Å². The van der Waals surface area contributed by atoms with E-state index in [4.69, 9.17) is 13.9 Å². The Hall–Kier alpha value is -1.82. The minimum absolute atomic E-state index is 0.274. The first kappa shape index (κ1) is 15.6. The number of hydrogen-bond acceptors (Lipinski definition) is 5. The quantitative estimate of drug-likeness (QED) is 0.739. The fraction of sp³-hybridized carbons (Fsp3) is 0.375. The van der Waals surface area contributed by atoms with Crippen molar-refractivity contribution in [2.24, 2.45) is 0 Å². The summed E-state index contributed by atoms with van der Waals surface area (Å²) in [5.41, 5.74) is 1.14. The highest BCUT2D eigenvalue weighted by atomic mass is 16.5. The summed E-state index contributed by atoms with van der Waals surface area (Å²) in [5, 5.41) is 13.0. The van der Waals surface area contributed by atoms with Gasteiger partial charge in [0.05, 0.1) is 26.1 Å². The molecule has 1 atom stereocenters. The highest BCUT2D eigenvalue weighted by Crippen LogP contribution is 2.10. The van der Waals surface area contributed by atoms with Gasteiger partial charge in [-0.25, -0.2) is 0 Å². The molecule has 1 aromatic heterocycles. The van der Waals surface area contributed by atoms with Gasteiger partial charge in [-0.2, -0.15) is 0 Å². The van der Waals surface area contributed by atoms with Crippen molar-refractivity contribution in [3.05, 3.63) is 54.0 Å². The molecule has 0 fully saturated rings. The van der Waals surface area contributed by atoms with E-state index in [1.165, 1.54) is 0 Å². The van der Waals surface area contributed by atoms with Crippen LogP contribution in [0.3, 0.4) is 0 Å². The summed E-state index contributed by atoms with van der Waals surface area (Å²) in [6.07, 6.45) is 1.06. The molecule has 2 N–H and O–H groups in total. The number of rotatable bonds is 9. The number of ether oxygens (including phenoxy) is 2. The van der Waals surface area contributed by atoms with Crippen molar-refractivity contribution in [2.45, 2.75) is 19.3 Å². The summed E-state index contributed by atoms with van der Waals surface area (Å²) in [7, 11) is 1.65. The van der Waals surface area contributed by atoms with Crippen LogP contribution in [0.5, 0.6) is 5.75 Å². The molecule has 2 aromatic rings. The van der Waals surface area contributed by atoms with Crippen molar-refractivity contribution in [3.63, 3.8) is 0 Å². The molecule has 0 spiro atoms. The average Bonchev–Trinajstić information content (AvgIpc) is 3.01. The molecule has 0 radical (unpaired) electrons. The van der Waals surface area contributed by atoms with Gasteiger partial charge in [-0.15, -0.1) is 0 Å². The van der Waals surface area contributed by atoms with Gasteiger partial charge < -0.3 is 24.3 Å². The minimum Gasteiger partial charge on any atom is -0.497 e. The summed E-state index contributed by atoms with van der Waals surface area (Å²) < 4.78 is 15.6. The zero-order chi connectivity index (χ0) is 14.9. The van der Waals surface area contributed by atoms with Crippen molar-refractivity contribution in [3.8, 4) is 5.75 Å². The molecule has 0 bridgehead atoms. The van der Waals surface area contributed by atoms with Crippen LogP contribution in [-0.2, 0) is 17.9 Å². The average molecular weight is 291 g/mol. The molecule has 0 aliphatic rings. The van der Waals surface area contributed by atoms with E-state index in [9.17, 15) is 5.11 Å². The number of aliphatic hydroxyl groups is 1. The predicted molar refractivity (Wildman–Crippen MR) is 79.1 cm³/mol. The summed E-state index contributed by atoms with van der Waals surface area (Å²) in [6, 6.07) is 11.5. The van der Waals surface area contributed by atoms with Crippen molar-refractivity contribution in [2.75, 3.05) is 20.3 Å². The molecule has 0 saturated carbocycles. The minimum atomic E-state index is -0.543. The summed E-state index contributed by atoms with van der Waals surface area (Å²) in [4.78, 5) is 0. The van der Waals surface area contributed by atoms with Gasteiger partial charge in [0, 0.05) is 13.1 Å². The molecule has 21 heavy (non-hydrogen) atoms. The van der Waals surface area contributed by atoms with Crippen molar-refractivity contribution >= 4 is 0 Å². The van der Waals surface area contributed by atoms with Gasteiger partial charge in [0.2, 0.25) is 0 Å². The molecule has 2 rings (SSSR count). The lowest BCUT2D eigenvalue weighted by Crippen LogP contribution is -2.30. The molecule has 5 nitrogen and oxygen atoms in total. The first-order valence-electron chi connectivity index (χ1n) is 6.90. The van der Waals surface area contributed by atoms with Crippen molar-refractivity contribution < 1.29 is 19.0 Å². The monoisotopic (exact) mass is 291 g/mol. The number of aliphatic hydroxyl groups excluding tert-OH is 1. The van der Waals surface area contributed by atoms with Crippen LogP contribution < -0.4 is 10.1 Å². The number of hydrogen-bond donors (Lipinski definition) is 2. The number of benzene rings is 1. The number of nitrogens with one attached hydrogen (secondary N) is 1. The summed E-state index contributed by atoms with van der Waals surface area (Å²) in [6.45, 7) is 1.82. The third-order valence-electron chi connectivity index (χ3n) is 3.00. The van der Waals surface area contributed by atoms with Crippen molar-refractivity contribution in [1.29, 1.82) is 0 Å². The molecule has 1 heterocycles. The number of methoxy groups -OCH3 is 1. The molecule has 5 heteroatoms. The van der Waals surface area contributed by atoms with Gasteiger partial charge in [0.15, 0.2) is 0 Å². The van der Waals surface area contributed by atoms with Crippen LogP contribution >= 0.6 is 0 Å². The molecule has 0 saturated heterocycles. The highest BCUT2D eigenvalue weighted by Gasteiger charge is 2.05. The molecule has 114 valence electrons. The van der Waals surface area contributed by atoms with Crippen molar-refractivity contribution in [1.82, 2.24) is 5.32 Å². The molecule has 1 aromatic carbocycles. The molecule has 0 amide bonds. The Balaban J connectivity index is 1.58. The van der Waals surface area contributed by atoms with Crippen LogP contribution in [-0.4, -0.2) is 31.5 Å². The molecule has 0 aliphatic carbocycles. The third-order valence-corrected chi connectivity index (χ3v) is 3.00. The first-order valence-corrected chi connectivity index (χ1v) is 6.90. The van der Waals surface area contributed by atoms with E-state index in [2.05, 4.69) is 5.32 Å². The Morgan fingerprint density at radius 2 is 2.05 bits per heavy atom. The normalized spacial score (nSPS) is 12.3. The lowest BCUT2D eigenvalue weighted by Gasteiger charge is -2.12. The Bertz CT molecular complexity index is 496. The topological polar surface area (TPSA) is 63.9 Å². The van der Waals surface area contributed by atoms with E-state index < -0.39 is 6.10 Å². The number of furan rings is 1. The SMILES string of the molecule is COc1ccc(CNCC(O)COCc2ccco2)cc1. The fourth-order valence-electron chi connectivity index (χ4n) is 1.88. The molecule has 0 aliphatic heterocycles. The van der Waals surface area contributed by atoms with Crippen LogP contribution in [0.25, 0.3) is 0 Å². The van der Waals surface area contributed by atoms with Gasteiger partial charge in [-0.1, -0.05) is 12.1 Å². The van der Waals surface area contributed by atoms with E-state index in [1.54, 1.807) is 13.4 Å². The third kappa shape index (κ3) is 5.59. The van der Waals surface area contributed by atoms with Gasteiger partial charge >= 0.3 is 0 Å². The zero-order valence-electron chi connectivity index (χ0n) is 12.1. The second-order valence-electron chi connectivity index (χ2n) is 4.73. The van der Waals surface area contributed by atoms with Gasteiger partial charge in [-0.3, -0.25) is 0 Å². The predicted octanol–water partition coefficient (Wildman–Crippen LogP) is 1.96. The van der Waals surface area contributed by atoms with E-state index in [1.807, 2.05) is 36.4 Å². The lowest BCUT2D eigenvalue weighted by molar-refractivity contribution is 0.0226. The van der Waals surface area contributed by atoms with Gasteiger partial charge in [-0.05, 0) is 29.8 Å². The largest absolute Gasteiger partial charge is 0.497 e.